The lowest BCUT2D eigenvalue weighted by atomic mass is 10.1. The Labute approximate surface area is 123 Å². The molecule has 1 aliphatic heterocycles. The monoisotopic (exact) mass is 318 g/mol. The second-order valence-corrected chi connectivity index (χ2v) is 4.83. The van der Waals surface area contributed by atoms with Crippen LogP contribution >= 0.6 is 11.6 Å². The first kappa shape index (κ1) is 15.2. The second-order valence-electron chi connectivity index (χ2n) is 4.44. The molecule has 2 amide bonds. The number of carbonyl (C=O) groups is 2. The zero-order chi connectivity index (χ0) is 15.6. The predicted octanol–water partition coefficient (Wildman–Crippen LogP) is 0.698. The fourth-order valence-electron chi connectivity index (χ4n) is 1.95. The second kappa shape index (κ2) is 6.08. The van der Waals surface area contributed by atoms with Crippen LogP contribution in [0, 0.1) is 0 Å². The molecule has 0 unspecified atom stereocenters. The van der Waals surface area contributed by atoms with Crippen molar-refractivity contribution in [2.45, 2.75) is 18.7 Å². The van der Waals surface area contributed by atoms with Gasteiger partial charge in [0.25, 0.3) is 5.91 Å². The Morgan fingerprint density at radius 2 is 2.24 bits per heavy atom. The number of carbonyl (C=O) groups excluding carboxylic acids is 1. The van der Waals surface area contributed by atoms with Crippen molar-refractivity contribution in [3.63, 3.8) is 0 Å². The molecule has 10 heteroatoms. The van der Waals surface area contributed by atoms with Gasteiger partial charge in [-0.15, -0.1) is 10.2 Å². The zero-order valence-corrected chi connectivity index (χ0v) is 11.5. The number of likely N-dealkylation sites (tertiary alicyclic amines) is 1. The lowest BCUT2D eigenvalue weighted by Gasteiger charge is -2.32. The average Bonchev–Trinajstić information content (AvgIpc) is 2.42. The molecule has 0 aromatic carbocycles. The van der Waals surface area contributed by atoms with Crippen molar-refractivity contribution >= 4 is 23.6 Å². The Bertz CT molecular complexity index is 573. The number of rotatable bonds is 3. The summed E-state index contributed by atoms with van der Waals surface area (Å²) >= 11 is 5.60. The minimum atomic E-state index is -1.55. The largest absolute Gasteiger partial charge is 0.469 e. The van der Waals surface area contributed by atoms with Crippen LogP contribution in [0.15, 0.2) is 6.07 Å². The van der Waals surface area contributed by atoms with Crippen molar-refractivity contribution in [2.24, 2.45) is 5.73 Å². The fraction of sp³-hybridized carbons (Fsp3) is 0.455. The average molecular weight is 319 g/mol. The van der Waals surface area contributed by atoms with Gasteiger partial charge in [0.05, 0.1) is 6.54 Å². The number of piperidine rings is 1. The number of hydrogen-bond donors (Lipinski definition) is 2. The van der Waals surface area contributed by atoms with Gasteiger partial charge in [0.2, 0.25) is 5.88 Å². The summed E-state index contributed by atoms with van der Waals surface area (Å²) in [6.07, 6.45) is -3.56. The molecule has 2 atom stereocenters. The van der Waals surface area contributed by atoms with Crippen LogP contribution in [0.3, 0.4) is 0 Å². The van der Waals surface area contributed by atoms with Crippen LogP contribution < -0.4 is 10.5 Å². The standard InChI is InChI=1S/C11H12ClFN4O4/c12-8-3-5(9(14)18)10(16-15-8)21-7-1-2-17(11(19)20)4-6(7)13/h3,6-7H,1-2,4H2,(H2,14,18)(H,19,20)/t6-,7+/m1/s1. The Morgan fingerprint density at radius 3 is 2.81 bits per heavy atom. The van der Waals surface area contributed by atoms with Crippen molar-refractivity contribution < 1.29 is 23.8 Å². The third-order valence-corrected chi connectivity index (χ3v) is 3.20. The molecule has 0 saturated carbocycles. The highest BCUT2D eigenvalue weighted by Gasteiger charge is 2.34. The minimum Gasteiger partial charge on any atom is -0.469 e. The molecule has 21 heavy (non-hydrogen) atoms. The molecular weight excluding hydrogens is 307 g/mol. The van der Waals surface area contributed by atoms with Gasteiger partial charge in [0.1, 0.15) is 11.7 Å². The van der Waals surface area contributed by atoms with Gasteiger partial charge in [-0.1, -0.05) is 11.6 Å². The van der Waals surface area contributed by atoms with E-state index in [2.05, 4.69) is 10.2 Å². The molecule has 0 bridgehead atoms. The van der Waals surface area contributed by atoms with Gasteiger partial charge in [-0.3, -0.25) is 4.79 Å². The van der Waals surface area contributed by atoms with Crippen LogP contribution in [0.2, 0.25) is 5.15 Å². The van der Waals surface area contributed by atoms with E-state index >= 15 is 0 Å². The SMILES string of the molecule is NC(=O)c1cc(Cl)nnc1O[C@H]1CCN(C(=O)O)C[C@H]1F. The Kier molecular flexibility index (Phi) is 4.41. The smallest absolute Gasteiger partial charge is 0.407 e. The van der Waals surface area contributed by atoms with Gasteiger partial charge in [0.15, 0.2) is 11.3 Å². The summed E-state index contributed by atoms with van der Waals surface area (Å²) in [5.74, 6) is -1.05. The number of halogens is 2. The Hall–Kier alpha value is -2.16. The fourth-order valence-corrected chi connectivity index (χ4v) is 2.10. The summed E-state index contributed by atoms with van der Waals surface area (Å²) < 4.78 is 19.3. The maximum absolute atomic E-state index is 13.9. The van der Waals surface area contributed by atoms with E-state index in [9.17, 15) is 14.0 Å². The summed E-state index contributed by atoms with van der Waals surface area (Å²) in [5, 5.41) is 15.8. The molecule has 8 nitrogen and oxygen atoms in total. The quantitative estimate of drug-likeness (QED) is 0.846. The van der Waals surface area contributed by atoms with Crippen molar-refractivity contribution in [3.8, 4) is 5.88 Å². The molecule has 2 heterocycles. The summed E-state index contributed by atoms with van der Waals surface area (Å²) in [4.78, 5) is 23.0. The summed E-state index contributed by atoms with van der Waals surface area (Å²) in [5.41, 5.74) is 5.05. The van der Waals surface area contributed by atoms with Crippen LogP contribution in [0.4, 0.5) is 9.18 Å². The lowest BCUT2D eigenvalue weighted by molar-refractivity contribution is 0.0217. The Balaban J connectivity index is 2.12. The number of aromatic nitrogens is 2. The van der Waals surface area contributed by atoms with E-state index in [1.807, 2.05) is 0 Å². The third-order valence-electron chi connectivity index (χ3n) is 3.01. The van der Waals surface area contributed by atoms with Gasteiger partial charge in [0, 0.05) is 13.0 Å². The van der Waals surface area contributed by atoms with E-state index in [4.69, 9.17) is 27.2 Å². The van der Waals surface area contributed by atoms with Gasteiger partial charge in [-0.05, 0) is 6.07 Å². The molecule has 1 fully saturated rings. The highest BCUT2D eigenvalue weighted by molar-refractivity contribution is 6.29. The van der Waals surface area contributed by atoms with E-state index in [0.717, 1.165) is 4.90 Å². The molecule has 1 aliphatic rings. The normalized spacial score (nSPS) is 21.9. The third kappa shape index (κ3) is 3.48. The van der Waals surface area contributed by atoms with Gasteiger partial charge >= 0.3 is 6.09 Å². The lowest BCUT2D eigenvalue weighted by Crippen LogP contribution is -2.49. The molecular formula is C11H12ClFN4O4. The maximum atomic E-state index is 13.9. The first-order chi connectivity index (χ1) is 9.88. The van der Waals surface area contributed by atoms with Crippen LogP contribution in [0.25, 0.3) is 0 Å². The number of primary amides is 1. The van der Waals surface area contributed by atoms with Gasteiger partial charge < -0.3 is 20.5 Å². The van der Waals surface area contributed by atoms with Crippen molar-refractivity contribution in [3.05, 3.63) is 16.8 Å². The molecule has 2 rings (SSSR count). The highest BCUT2D eigenvalue weighted by atomic mass is 35.5. The molecule has 3 N–H and O–H groups in total. The summed E-state index contributed by atoms with van der Waals surface area (Å²) in [6, 6.07) is 1.17. The number of ether oxygens (including phenoxy) is 1. The van der Waals surface area contributed by atoms with Crippen LogP contribution in [-0.4, -0.2) is 57.6 Å². The molecule has 0 aliphatic carbocycles. The number of nitrogens with two attached hydrogens (primary N) is 1. The van der Waals surface area contributed by atoms with Crippen molar-refractivity contribution in [1.29, 1.82) is 0 Å². The predicted molar refractivity (Wildman–Crippen MR) is 69.1 cm³/mol. The van der Waals surface area contributed by atoms with Crippen LogP contribution in [-0.2, 0) is 0 Å². The van der Waals surface area contributed by atoms with E-state index < -0.39 is 24.3 Å². The summed E-state index contributed by atoms with van der Waals surface area (Å²) in [7, 11) is 0. The number of carboxylic acid groups (broad SMARTS) is 1. The van der Waals surface area contributed by atoms with E-state index in [-0.39, 0.29) is 36.1 Å². The Morgan fingerprint density at radius 1 is 1.52 bits per heavy atom. The molecule has 114 valence electrons. The minimum absolute atomic E-state index is 0.0476. The summed E-state index contributed by atoms with van der Waals surface area (Å²) in [6.45, 7) is -0.194. The number of nitrogens with zero attached hydrogens (tertiary/aromatic N) is 3. The molecule has 0 radical (unpaired) electrons. The molecule has 1 aromatic rings. The maximum Gasteiger partial charge on any atom is 0.407 e. The zero-order valence-electron chi connectivity index (χ0n) is 10.7. The van der Waals surface area contributed by atoms with E-state index in [1.54, 1.807) is 0 Å². The first-order valence-corrected chi connectivity index (χ1v) is 6.38. The number of hydrogen-bond acceptors (Lipinski definition) is 5. The molecule has 1 saturated heterocycles. The van der Waals surface area contributed by atoms with Crippen molar-refractivity contribution in [2.75, 3.05) is 13.1 Å². The van der Waals surface area contributed by atoms with Crippen LogP contribution in [0.1, 0.15) is 16.8 Å². The van der Waals surface area contributed by atoms with Crippen LogP contribution in [0.5, 0.6) is 5.88 Å². The van der Waals surface area contributed by atoms with Crippen molar-refractivity contribution in [1.82, 2.24) is 15.1 Å². The van der Waals surface area contributed by atoms with E-state index in [0.29, 0.717) is 0 Å². The number of alkyl halides is 1. The van der Waals surface area contributed by atoms with Gasteiger partial charge in [-0.2, -0.15) is 0 Å². The van der Waals surface area contributed by atoms with Gasteiger partial charge in [-0.25, -0.2) is 9.18 Å². The molecule has 0 spiro atoms. The first-order valence-electron chi connectivity index (χ1n) is 6.00. The topological polar surface area (TPSA) is 119 Å². The van der Waals surface area contributed by atoms with E-state index in [1.165, 1.54) is 6.07 Å². The molecule has 1 aromatic heterocycles. The highest BCUT2D eigenvalue weighted by Crippen LogP contribution is 2.23. The number of amides is 2.